The molecule has 1 unspecified atom stereocenters. The minimum absolute atomic E-state index is 0.481. The van der Waals surface area contributed by atoms with E-state index in [1.54, 1.807) is 0 Å². The van der Waals surface area contributed by atoms with E-state index in [1.165, 1.54) is 41.8 Å². The predicted octanol–water partition coefficient (Wildman–Crippen LogP) is 6.21. The molecular weight excluding hydrogens is 274 g/mol. The summed E-state index contributed by atoms with van der Waals surface area (Å²) in [4.78, 5) is 1.48. The molecule has 0 amide bonds. The summed E-state index contributed by atoms with van der Waals surface area (Å²) in [5.74, 6) is 1.37. The van der Waals surface area contributed by atoms with Gasteiger partial charge in [0.15, 0.2) is 0 Å². The molecule has 1 heterocycles. The second kappa shape index (κ2) is 6.65. The molecule has 2 aromatic rings. The second-order valence-corrected chi connectivity index (χ2v) is 7.44. The van der Waals surface area contributed by atoms with Crippen LogP contribution in [0.3, 0.4) is 0 Å². The second-order valence-electron chi connectivity index (χ2n) is 6.46. The van der Waals surface area contributed by atoms with Crippen molar-refractivity contribution >= 4 is 17.0 Å². The molecule has 112 valence electrons. The molecule has 1 aliphatic rings. The summed E-state index contributed by atoms with van der Waals surface area (Å²) in [6, 6.07) is 13.9. The Morgan fingerprint density at radius 3 is 2.57 bits per heavy atom. The number of anilines is 1. The minimum Gasteiger partial charge on any atom is -0.377 e. The first-order valence-corrected chi connectivity index (χ1v) is 9.02. The van der Waals surface area contributed by atoms with E-state index in [4.69, 9.17) is 0 Å². The molecule has 0 bridgehead atoms. The van der Waals surface area contributed by atoms with E-state index in [0.29, 0.717) is 12.0 Å². The van der Waals surface area contributed by atoms with E-state index in [2.05, 4.69) is 60.9 Å². The summed E-state index contributed by atoms with van der Waals surface area (Å²) in [6.07, 6.45) is 5.50. The lowest BCUT2D eigenvalue weighted by Crippen LogP contribution is -2.18. The number of benzene rings is 1. The fourth-order valence-electron chi connectivity index (χ4n) is 3.35. The number of thiophene rings is 1. The molecule has 0 aliphatic heterocycles. The molecule has 1 nitrogen and oxygen atoms in total. The van der Waals surface area contributed by atoms with Crippen molar-refractivity contribution in [1.29, 1.82) is 0 Å². The fourth-order valence-corrected chi connectivity index (χ4v) is 4.22. The Bertz CT molecular complexity index is 553. The predicted molar refractivity (Wildman–Crippen MR) is 93.2 cm³/mol. The lowest BCUT2D eigenvalue weighted by Gasteiger charge is -2.25. The topological polar surface area (TPSA) is 12.0 Å². The molecule has 1 aromatic carbocycles. The van der Waals surface area contributed by atoms with Gasteiger partial charge in [-0.15, -0.1) is 11.3 Å². The van der Waals surface area contributed by atoms with E-state index >= 15 is 0 Å². The van der Waals surface area contributed by atoms with Crippen molar-refractivity contribution in [2.75, 3.05) is 5.32 Å². The third-order valence-electron chi connectivity index (χ3n) is 4.60. The Labute approximate surface area is 132 Å². The van der Waals surface area contributed by atoms with Gasteiger partial charge in [-0.05, 0) is 53.8 Å². The van der Waals surface area contributed by atoms with Gasteiger partial charge in [0.25, 0.3) is 0 Å². The minimum atomic E-state index is 0.481. The zero-order valence-corrected chi connectivity index (χ0v) is 13.8. The maximum absolute atomic E-state index is 3.83. The van der Waals surface area contributed by atoms with Crippen molar-refractivity contribution < 1.29 is 0 Å². The number of hydrogen-bond donors (Lipinski definition) is 1. The Morgan fingerprint density at radius 1 is 1.10 bits per heavy atom. The monoisotopic (exact) mass is 299 g/mol. The van der Waals surface area contributed by atoms with Gasteiger partial charge in [-0.2, -0.15) is 0 Å². The van der Waals surface area contributed by atoms with E-state index < -0.39 is 0 Å². The zero-order valence-electron chi connectivity index (χ0n) is 13.0. The van der Waals surface area contributed by atoms with Gasteiger partial charge in [-0.3, -0.25) is 0 Å². The van der Waals surface area contributed by atoms with Crippen LogP contribution >= 0.6 is 11.3 Å². The molecule has 2 heteroatoms. The van der Waals surface area contributed by atoms with Crippen molar-refractivity contribution in [3.63, 3.8) is 0 Å². The average molecular weight is 299 g/mol. The van der Waals surface area contributed by atoms with Gasteiger partial charge in [0.1, 0.15) is 0 Å². The van der Waals surface area contributed by atoms with Crippen LogP contribution in [0.15, 0.2) is 41.8 Å². The Balaban J connectivity index is 1.82. The summed E-state index contributed by atoms with van der Waals surface area (Å²) in [6.45, 7) is 4.51. The first kappa shape index (κ1) is 14.6. The van der Waals surface area contributed by atoms with Crippen molar-refractivity contribution in [2.24, 2.45) is 5.92 Å². The third kappa shape index (κ3) is 3.49. The van der Waals surface area contributed by atoms with Gasteiger partial charge >= 0.3 is 0 Å². The zero-order chi connectivity index (χ0) is 14.7. The van der Waals surface area contributed by atoms with Crippen molar-refractivity contribution in [2.45, 2.75) is 51.5 Å². The van der Waals surface area contributed by atoms with Crippen molar-refractivity contribution in [3.05, 3.63) is 52.2 Å². The number of nitrogens with one attached hydrogen (secondary N) is 1. The Kier molecular flexibility index (Phi) is 4.64. The molecule has 1 fully saturated rings. The summed E-state index contributed by atoms with van der Waals surface area (Å²) in [7, 11) is 0. The van der Waals surface area contributed by atoms with Crippen LogP contribution in [0, 0.1) is 5.92 Å². The van der Waals surface area contributed by atoms with Crippen LogP contribution in [0.5, 0.6) is 0 Å². The first-order chi connectivity index (χ1) is 10.2. The van der Waals surface area contributed by atoms with Gasteiger partial charge in [0, 0.05) is 10.6 Å². The smallest absolute Gasteiger partial charge is 0.0634 e. The largest absolute Gasteiger partial charge is 0.377 e. The normalized spacial score (nSPS) is 17.3. The molecule has 0 radical (unpaired) electrons. The third-order valence-corrected chi connectivity index (χ3v) is 5.55. The van der Waals surface area contributed by atoms with Crippen LogP contribution in [-0.2, 0) is 0 Å². The van der Waals surface area contributed by atoms with Gasteiger partial charge < -0.3 is 5.32 Å². The van der Waals surface area contributed by atoms with Crippen molar-refractivity contribution in [1.82, 2.24) is 0 Å². The van der Waals surface area contributed by atoms with E-state index in [9.17, 15) is 0 Å². The van der Waals surface area contributed by atoms with E-state index in [1.807, 2.05) is 11.3 Å². The average Bonchev–Trinajstić information content (AvgIpc) is 3.18. The molecule has 3 rings (SSSR count). The van der Waals surface area contributed by atoms with Crippen molar-refractivity contribution in [3.8, 4) is 0 Å². The van der Waals surface area contributed by atoms with Gasteiger partial charge in [0.2, 0.25) is 0 Å². The molecule has 1 atom stereocenters. The lowest BCUT2D eigenvalue weighted by atomic mass is 9.96. The van der Waals surface area contributed by atoms with Crippen LogP contribution in [-0.4, -0.2) is 0 Å². The summed E-state index contributed by atoms with van der Waals surface area (Å²) in [5.41, 5.74) is 2.68. The van der Waals surface area contributed by atoms with Gasteiger partial charge in [-0.25, -0.2) is 0 Å². The fraction of sp³-hybridized carbons (Fsp3) is 0.474. The maximum atomic E-state index is 3.83. The SMILES string of the molecule is CC(C)c1cccc(NC(c2cccs2)C2CCCC2)c1. The van der Waals surface area contributed by atoms with E-state index in [0.717, 1.165) is 5.92 Å². The maximum Gasteiger partial charge on any atom is 0.0634 e. The van der Waals surface area contributed by atoms with E-state index in [-0.39, 0.29) is 0 Å². The number of hydrogen-bond acceptors (Lipinski definition) is 2. The molecule has 1 saturated carbocycles. The highest BCUT2D eigenvalue weighted by Gasteiger charge is 2.27. The van der Waals surface area contributed by atoms with Gasteiger partial charge in [-0.1, -0.05) is 44.9 Å². The van der Waals surface area contributed by atoms with Gasteiger partial charge in [0.05, 0.1) is 6.04 Å². The standard InChI is InChI=1S/C19H25NS/c1-14(2)16-9-5-10-17(13-16)20-19(15-7-3-4-8-15)18-11-6-12-21-18/h5-6,9-15,19-20H,3-4,7-8H2,1-2H3. The highest BCUT2D eigenvalue weighted by Crippen LogP contribution is 2.39. The molecular formula is C19H25NS. The molecule has 21 heavy (non-hydrogen) atoms. The molecule has 1 N–H and O–H groups in total. The van der Waals surface area contributed by atoms with Crippen LogP contribution in [0.1, 0.15) is 61.9 Å². The number of rotatable bonds is 5. The summed E-state index contributed by atoms with van der Waals surface area (Å²) >= 11 is 1.89. The summed E-state index contributed by atoms with van der Waals surface area (Å²) < 4.78 is 0. The molecule has 0 spiro atoms. The van der Waals surface area contributed by atoms with Crippen LogP contribution < -0.4 is 5.32 Å². The quantitative estimate of drug-likeness (QED) is 0.691. The Hall–Kier alpha value is -1.28. The Morgan fingerprint density at radius 2 is 1.90 bits per heavy atom. The lowest BCUT2D eigenvalue weighted by molar-refractivity contribution is 0.475. The highest BCUT2D eigenvalue weighted by atomic mass is 32.1. The summed E-state index contributed by atoms with van der Waals surface area (Å²) in [5, 5.41) is 6.03. The highest BCUT2D eigenvalue weighted by molar-refractivity contribution is 7.10. The molecule has 1 aromatic heterocycles. The molecule has 1 aliphatic carbocycles. The van der Waals surface area contributed by atoms with Crippen LogP contribution in [0.2, 0.25) is 0 Å². The van der Waals surface area contributed by atoms with Crippen LogP contribution in [0.25, 0.3) is 0 Å². The molecule has 0 saturated heterocycles. The first-order valence-electron chi connectivity index (χ1n) is 8.14. The van der Waals surface area contributed by atoms with Crippen LogP contribution in [0.4, 0.5) is 5.69 Å².